The van der Waals surface area contributed by atoms with Crippen molar-refractivity contribution < 1.29 is 28.3 Å². The molecule has 2 aromatic carbocycles. The summed E-state index contributed by atoms with van der Waals surface area (Å²) in [5.41, 5.74) is 3.96. The van der Waals surface area contributed by atoms with Crippen LogP contribution in [0.2, 0.25) is 0 Å². The molecular formula is C26H22FN3O5. The number of rotatable bonds is 4. The molecular weight excluding hydrogens is 453 g/mol. The number of esters is 1. The minimum absolute atomic E-state index is 0.0118. The topological polar surface area (TPSA) is 97.7 Å². The highest BCUT2D eigenvalue weighted by molar-refractivity contribution is 6.39. The molecule has 8 nitrogen and oxygen atoms in total. The monoisotopic (exact) mass is 475 g/mol. The zero-order valence-electron chi connectivity index (χ0n) is 19.5. The number of urea groups is 1. The molecule has 0 atom stereocenters. The van der Waals surface area contributed by atoms with E-state index in [9.17, 15) is 23.6 Å². The van der Waals surface area contributed by atoms with Crippen LogP contribution in [0.25, 0.3) is 11.8 Å². The van der Waals surface area contributed by atoms with Crippen molar-refractivity contribution in [3.05, 3.63) is 88.0 Å². The molecule has 0 saturated carbocycles. The molecule has 1 aliphatic rings. The highest BCUT2D eigenvalue weighted by atomic mass is 19.1. The second-order valence-electron chi connectivity index (χ2n) is 8.09. The lowest BCUT2D eigenvalue weighted by molar-refractivity contribution is -0.122. The van der Waals surface area contributed by atoms with Crippen LogP contribution in [-0.4, -0.2) is 35.5 Å². The van der Waals surface area contributed by atoms with E-state index >= 15 is 0 Å². The first-order chi connectivity index (χ1) is 16.6. The zero-order chi connectivity index (χ0) is 25.4. The van der Waals surface area contributed by atoms with E-state index in [0.29, 0.717) is 11.1 Å². The van der Waals surface area contributed by atoms with E-state index in [-0.39, 0.29) is 11.3 Å². The highest BCUT2D eigenvalue weighted by Gasteiger charge is 2.37. The van der Waals surface area contributed by atoms with Gasteiger partial charge in [0.15, 0.2) is 0 Å². The number of nitrogens with zero attached hydrogens (tertiary/aromatic N) is 2. The number of methoxy groups -OCH3 is 1. The van der Waals surface area contributed by atoms with Crippen molar-refractivity contribution in [1.29, 1.82) is 0 Å². The average Bonchev–Trinajstić information content (AvgIpc) is 3.08. The maximum absolute atomic E-state index is 13.7. The molecule has 1 aromatic heterocycles. The number of nitrogens with one attached hydrogen (secondary N) is 1. The SMILES string of the molecule is COC(=O)c1ccc(-n2c(C)cc(/C=C3\C(=O)NC(=O)N(c4cccc(F)c4)C3=O)c2C)c(C)c1. The summed E-state index contributed by atoms with van der Waals surface area (Å²) in [6, 6.07) is 11.0. The summed E-state index contributed by atoms with van der Waals surface area (Å²) in [6.07, 6.45) is 1.41. The maximum Gasteiger partial charge on any atom is 0.337 e. The predicted octanol–water partition coefficient (Wildman–Crippen LogP) is 3.99. The highest BCUT2D eigenvalue weighted by Crippen LogP contribution is 2.28. The first-order valence-electron chi connectivity index (χ1n) is 10.7. The number of hydrogen-bond donors (Lipinski definition) is 1. The van der Waals surface area contributed by atoms with Crippen molar-refractivity contribution in [3.63, 3.8) is 0 Å². The van der Waals surface area contributed by atoms with Gasteiger partial charge in [0, 0.05) is 17.1 Å². The first-order valence-corrected chi connectivity index (χ1v) is 10.7. The molecule has 0 bridgehead atoms. The van der Waals surface area contributed by atoms with E-state index < -0.39 is 29.6 Å². The number of benzene rings is 2. The smallest absolute Gasteiger partial charge is 0.337 e. The second-order valence-corrected chi connectivity index (χ2v) is 8.09. The number of hydrogen-bond acceptors (Lipinski definition) is 5. The van der Waals surface area contributed by atoms with Crippen molar-refractivity contribution in [2.75, 3.05) is 12.0 Å². The number of amides is 4. The molecule has 1 fully saturated rings. The fourth-order valence-corrected chi connectivity index (χ4v) is 4.12. The number of anilines is 1. The van der Waals surface area contributed by atoms with E-state index in [1.807, 2.05) is 25.3 Å². The molecule has 0 aliphatic carbocycles. The molecule has 1 N–H and O–H groups in total. The minimum Gasteiger partial charge on any atom is -0.465 e. The van der Waals surface area contributed by atoms with Crippen LogP contribution >= 0.6 is 0 Å². The molecule has 35 heavy (non-hydrogen) atoms. The Kier molecular flexibility index (Phi) is 6.09. The van der Waals surface area contributed by atoms with Gasteiger partial charge in [-0.25, -0.2) is 18.9 Å². The number of aryl methyl sites for hydroxylation is 2. The molecule has 1 aliphatic heterocycles. The Hall–Kier alpha value is -4.53. The molecule has 0 radical (unpaired) electrons. The normalized spacial score (nSPS) is 14.9. The first kappa shape index (κ1) is 23.6. The number of carbonyl (C=O) groups is 4. The van der Waals surface area contributed by atoms with Crippen molar-refractivity contribution in [3.8, 4) is 5.69 Å². The molecule has 4 amide bonds. The number of ether oxygens (including phenoxy) is 1. The molecule has 2 heterocycles. The Morgan fingerprint density at radius 3 is 2.43 bits per heavy atom. The standard InChI is InChI=1S/C26H22FN3O5/c1-14-10-17(25(33)35-4)8-9-22(14)29-15(2)11-18(16(29)3)12-21-23(31)28-26(34)30(24(21)32)20-7-5-6-19(27)13-20/h5-13H,1-4H3,(H,28,31,34)/b21-12+. The molecule has 0 unspecified atom stereocenters. The second kappa shape index (κ2) is 9.02. The van der Waals surface area contributed by atoms with Gasteiger partial charge in [-0.15, -0.1) is 0 Å². The predicted molar refractivity (Wildman–Crippen MR) is 127 cm³/mol. The Balaban J connectivity index is 1.76. The van der Waals surface area contributed by atoms with Gasteiger partial charge in [0.05, 0.1) is 18.4 Å². The van der Waals surface area contributed by atoms with Crippen LogP contribution in [0.15, 0.2) is 54.1 Å². The number of barbiturate groups is 1. The largest absolute Gasteiger partial charge is 0.465 e. The maximum atomic E-state index is 13.7. The molecule has 178 valence electrons. The number of imide groups is 2. The van der Waals surface area contributed by atoms with E-state index in [2.05, 4.69) is 5.32 Å². The lowest BCUT2D eigenvalue weighted by Crippen LogP contribution is -2.54. The summed E-state index contributed by atoms with van der Waals surface area (Å²) >= 11 is 0. The molecule has 0 spiro atoms. The van der Waals surface area contributed by atoms with E-state index in [0.717, 1.165) is 33.6 Å². The molecule has 1 saturated heterocycles. The Labute approximate surface area is 200 Å². The van der Waals surface area contributed by atoms with Crippen LogP contribution < -0.4 is 10.2 Å². The average molecular weight is 475 g/mol. The van der Waals surface area contributed by atoms with Crippen molar-refractivity contribution in [2.45, 2.75) is 20.8 Å². The van der Waals surface area contributed by atoms with Crippen molar-refractivity contribution in [1.82, 2.24) is 9.88 Å². The Morgan fingerprint density at radius 2 is 1.77 bits per heavy atom. The van der Waals surface area contributed by atoms with Crippen LogP contribution in [0.4, 0.5) is 14.9 Å². The van der Waals surface area contributed by atoms with Gasteiger partial charge in [-0.05, 0) is 80.4 Å². The van der Waals surface area contributed by atoms with Gasteiger partial charge in [-0.1, -0.05) is 6.07 Å². The van der Waals surface area contributed by atoms with Crippen LogP contribution in [0.3, 0.4) is 0 Å². The van der Waals surface area contributed by atoms with Crippen LogP contribution in [0.1, 0.15) is 32.9 Å². The minimum atomic E-state index is -0.949. The van der Waals surface area contributed by atoms with E-state index in [1.165, 1.54) is 31.4 Å². The van der Waals surface area contributed by atoms with Crippen LogP contribution in [-0.2, 0) is 14.3 Å². The quantitative estimate of drug-likeness (QED) is 0.350. The summed E-state index contributed by atoms with van der Waals surface area (Å²) in [4.78, 5) is 50.6. The molecule has 4 rings (SSSR count). The lowest BCUT2D eigenvalue weighted by atomic mass is 10.1. The third kappa shape index (κ3) is 4.23. The third-order valence-electron chi connectivity index (χ3n) is 5.80. The molecule has 9 heteroatoms. The number of halogens is 1. The van der Waals surface area contributed by atoms with E-state index in [4.69, 9.17) is 4.74 Å². The van der Waals surface area contributed by atoms with Crippen LogP contribution in [0.5, 0.6) is 0 Å². The van der Waals surface area contributed by atoms with Gasteiger partial charge in [-0.3, -0.25) is 14.9 Å². The van der Waals surface area contributed by atoms with Gasteiger partial charge < -0.3 is 9.30 Å². The fraction of sp³-hybridized carbons (Fsp3) is 0.154. The summed E-state index contributed by atoms with van der Waals surface area (Å²) in [7, 11) is 1.32. The van der Waals surface area contributed by atoms with Gasteiger partial charge in [0.25, 0.3) is 11.8 Å². The van der Waals surface area contributed by atoms with Gasteiger partial charge in [0.1, 0.15) is 11.4 Å². The summed E-state index contributed by atoms with van der Waals surface area (Å²) in [5, 5.41) is 2.14. The lowest BCUT2D eigenvalue weighted by Gasteiger charge is -2.26. The van der Waals surface area contributed by atoms with Gasteiger partial charge in [-0.2, -0.15) is 0 Å². The Bertz CT molecular complexity index is 1440. The summed E-state index contributed by atoms with van der Waals surface area (Å²) in [6.45, 7) is 5.56. The number of aromatic nitrogens is 1. The molecule has 3 aromatic rings. The third-order valence-corrected chi connectivity index (χ3v) is 5.80. The van der Waals surface area contributed by atoms with Gasteiger partial charge in [0.2, 0.25) is 0 Å². The number of carbonyl (C=O) groups excluding carboxylic acids is 4. The Morgan fingerprint density at radius 1 is 1.03 bits per heavy atom. The van der Waals surface area contributed by atoms with Crippen molar-refractivity contribution in [2.24, 2.45) is 0 Å². The summed E-state index contributed by atoms with van der Waals surface area (Å²) in [5.74, 6) is -2.75. The van der Waals surface area contributed by atoms with Gasteiger partial charge >= 0.3 is 12.0 Å². The van der Waals surface area contributed by atoms with E-state index in [1.54, 1.807) is 24.3 Å². The zero-order valence-corrected chi connectivity index (χ0v) is 19.5. The fourth-order valence-electron chi connectivity index (χ4n) is 4.12. The van der Waals surface area contributed by atoms with Crippen LogP contribution in [0, 0.1) is 26.6 Å². The van der Waals surface area contributed by atoms with Crippen molar-refractivity contribution >= 4 is 35.6 Å². The summed E-state index contributed by atoms with van der Waals surface area (Å²) < 4.78 is 20.4.